The summed E-state index contributed by atoms with van der Waals surface area (Å²) in [6.45, 7) is 1.71. The number of benzene rings is 2. The summed E-state index contributed by atoms with van der Waals surface area (Å²) in [7, 11) is 0. The maximum atomic E-state index is 12.9. The number of hydrogen-bond acceptors (Lipinski definition) is 4. The van der Waals surface area contributed by atoms with Gasteiger partial charge in [-0.05, 0) is 48.4 Å². The van der Waals surface area contributed by atoms with Crippen LogP contribution in [0.3, 0.4) is 0 Å². The molecule has 3 aromatic rings. The van der Waals surface area contributed by atoms with Crippen molar-refractivity contribution < 1.29 is 23.5 Å². The Balaban J connectivity index is 1.64. The molecule has 7 heteroatoms. The molecule has 0 saturated heterocycles. The number of nitrogens with zero attached hydrogens (tertiary/aromatic N) is 1. The van der Waals surface area contributed by atoms with Gasteiger partial charge in [0.2, 0.25) is 5.91 Å². The van der Waals surface area contributed by atoms with Gasteiger partial charge in [0.25, 0.3) is 0 Å². The van der Waals surface area contributed by atoms with E-state index in [1.165, 1.54) is 36.5 Å². The fraction of sp³-hybridized carbons (Fsp3) is 0.0952. The zero-order chi connectivity index (χ0) is 20.1. The largest absolute Gasteiger partial charge is 0.478 e. The van der Waals surface area contributed by atoms with Gasteiger partial charge in [-0.15, -0.1) is 0 Å². The van der Waals surface area contributed by atoms with Crippen LogP contribution >= 0.6 is 0 Å². The summed E-state index contributed by atoms with van der Waals surface area (Å²) in [4.78, 5) is 23.1. The fourth-order valence-corrected chi connectivity index (χ4v) is 2.70. The van der Waals surface area contributed by atoms with E-state index in [4.69, 9.17) is 4.42 Å². The van der Waals surface area contributed by atoms with E-state index >= 15 is 0 Å². The summed E-state index contributed by atoms with van der Waals surface area (Å²) in [5, 5.41) is 13.1. The van der Waals surface area contributed by atoms with Crippen LogP contribution in [0.4, 0.5) is 4.39 Å². The first-order chi connectivity index (χ1) is 13.4. The predicted molar refractivity (Wildman–Crippen MR) is 102 cm³/mol. The molecule has 6 nitrogen and oxygen atoms in total. The van der Waals surface area contributed by atoms with E-state index in [1.54, 1.807) is 31.2 Å². The molecule has 2 N–H and O–H groups in total. The SMILES string of the molecule is Cc1c(C(=O)O)cccc1-c1ccc(/C=N/NC(=O)Cc2ccc(F)cc2)o1. The Hall–Kier alpha value is -3.74. The third kappa shape index (κ3) is 4.50. The van der Waals surface area contributed by atoms with Crippen LogP contribution in [0.1, 0.15) is 27.2 Å². The van der Waals surface area contributed by atoms with Gasteiger partial charge in [0.05, 0.1) is 18.2 Å². The van der Waals surface area contributed by atoms with Crippen molar-refractivity contribution in [3.8, 4) is 11.3 Å². The van der Waals surface area contributed by atoms with Gasteiger partial charge in [-0.3, -0.25) is 4.79 Å². The molecule has 0 spiro atoms. The summed E-state index contributed by atoms with van der Waals surface area (Å²) in [6, 6.07) is 14.0. The van der Waals surface area contributed by atoms with Crippen LogP contribution in [0, 0.1) is 12.7 Å². The van der Waals surface area contributed by atoms with E-state index in [1.807, 2.05) is 0 Å². The van der Waals surface area contributed by atoms with Crippen LogP contribution in [0.5, 0.6) is 0 Å². The number of hydrazone groups is 1. The summed E-state index contributed by atoms with van der Waals surface area (Å²) in [5.74, 6) is -0.812. The fourth-order valence-electron chi connectivity index (χ4n) is 2.70. The van der Waals surface area contributed by atoms with Gasteiger partial charge in [0, 0.05) is 5.56 Å². The maximum absolute atomic E-state index is 12.9. The molecule has 0 aliphatic heterocycles. The van der Waals surface area contributed by atoms with Gasteiger partial charge in [-0.1, -0.05) is 24.3 Å². The lowest BCUT2D eigenvalue weighted by Crippen LogP contribution is -2.19. The van der Waals surface area contributed by atoms with E-state index < -0.39 is 5.97 Å². The van der Waals surface area contributed by atoms with E-state index in [9.17, 15) is 19.1 Å². The number of rotatable bonds is 6. The van der Waals surface area contributed by atoms with Crippen molar-refractivity contribution in [2.45, 2.75) is 13.3 Å². The molecule has 28 heavy (non-hydrogen) atoms. The lowest BCUT2D eigenvalue weighted by Gasteiger charge is -2.05. The van der Waals surface area contributed by atoms with Gasteiger partial charge in [-0.2, -0.15) is 5.10 Å². The van der Waals surface area contributed by atoms with Gasteiger partial charge < -0.3 is 9.52 Å². The van der Waals surface area contributed by atoms with E-state index in [2.05, 4.69) is 10.5 Å². The Kier molecular flexibility index (Phi) is 5.64. The second-order valence-electron chi connectivity index (χ2n) is 6.08. The normalized spacial score (nSPS) is 10.9. The molecule has 142 valence electrons. The zero-order valence-corrected chi connectivity index (χ0v) is 15.0. The molecular formula is C21H17FN2O4. The quantitative estimate of drug-likeness (QED) is 0.503. The second kappa shape index (κ2) is 8.30. The molecule has 1 heterocycles. The molecule has 0 aliphatic carbocycles. The van der Waals surface area contributed by atoms with Crippen LogP contribution in [-0.2, 0) is 11.2 Å². The molecule has 0 unspecified atom stereocenters. The Morgan fingerprint density at radius 1 is 1.14 bits per heavy atom. The molecule has 1 amide bonds. The summed E-state index contributed by atoms with van der Waals surface area (Å²) in [5.41, 5.74) is 4.52. The number of furan rings is 1. The maximum Gasteiger partial charge on any atom is 0.335 e. The standard InChI is InChI=1S/C21H17FN2O4/c1-13-17(3-2-4-18(13)21(26)27)19-10-9-16(28-19)12-23-24-20(25)11-14-5-7-15(22)8-6-14/h2-10,12H,11H2,1H3,(H,24,25)(H,26,27)/b23-12+. The van der Waals surface area contributed by atoms with Crippen molar-refractivity contribution in [2.24, 2.45) is 5.10 Å². The summed E-state index contributed by atoms with van der Waals surface area (Å²) >= 11 is 0. The number of carbonyl (C=O) groups is 2. The van der Waals surface area contributed by atoms with E-state index in [0.717, 1.165) is 0 Å². The second-order valence-corrected chi connectivity index (χ2v) is 6.08. The average molecular weight is 380 g/mol. The molecule has 0 atom stereocenters. The highest BCUT2D eigenvalue weighted by Crippen LogP contribution is 2.27. The first-order valence-electron chi connectivity index (χ1n) is 8.43. The minimum absolute atomic E-state index is 0.0716. The van der Waals surface area contributed by atoms with Crippen molar-refractivity contribution in [3.05, 3.63) is 82.9 Å². The van der Waals surface area contributed by atoms with Crippen LogP contribution < -0.4 is 5.43 Å². The van der Waals surface area contributed by atoms with Crippen molar-refractivity contribution in [1.82, 2.24) is 5.43 Å². The lowest BCUT2D eigenvalue weighted by atomic mass is 10.0. The third-order valence-corrected chi connectivity index (χ3v) is 4.12. The number of nitrogens with one attached hydrogen (secondary N) is 1. The summed E-state index contributed by atoms with van der Waals surface area (Å²) in [6.07, 6.45) is 1.42. The highest BCUT2D eigenvalue weighted by molar-refractivity contribution is 5.91. The zero-order valence-electron chi connectivity index (χ0n) is 15.0. The van der Waals surface area contributed by atoms with Crippen LogP contribution in [-0.4, -0.2) is 23.2 Å². The number of carboxylic acids is 1. The third-order valence-electron chi connectivity index (χ3n) is 4.12. The highest BCUT2D eigenvalue weighted by Gasteiger charge is 2.13. The number of amides is 1. The Labute approximate surface area is 160 Å². The lowest BCUT2D eigenvalue weighted by molar-refractivity contribution is -0.120. The van der Waals surface area contributed by atoms with Crippen molar-refractivity contribution in [3.63, 3.8) is 0 Å². The molecule has 0 bridgehead atoms. The van der Waals surface area contributed by atoms with Gasteiger partial charge in [0.15, 0.2) is 0 Å². The Bertz CT molecular complexity index is 1040. The van der Waals surface area contributed by atoms with E-state index in [-0.39, 0.29) is 23.7 Å². The highest BCUT2D eigenvalue weighted by atomic mass is 19.1. The number of carbonyl (C=O) groups excluding carboxylic acids is 1. The van der Waals surface area contributed by atoms with Crippen molar-refractivity contribution in [1.29, 1.82) is 0 Å². The predicted octanol–water partition coefficient (Wildman–Crippen LogP) is 3.79. The van der Waals surface area contributed by atoms with Crippen LogP contribution in [0.15, 0.2) is 64.1 Å². The molecule has 1 aromatic heterocycles. The van der Waals surface area contributed by atoms with Gasteiger partial charge in [0.1, 0.15) is 17.3 Å². The molecule has 0 fully saturated rings. The van der Waals surface area contributed by atoms with Crippen molar-refractivity contribution >= 4 is 18.1 Å². The smallest absolute Gasteiger partial charge is 0.335 e. The van der Waals surface area contributed by atoms with Crippen LogP contribution in [0.25, 0.3) is 11.3 Å². The molecule has 0 radical (unpaired) electrons. The monoisotopic (exact) mass is 380 g/mol. The first kappa shape index (κ1) is 19.0. The molecule has 0 saturated carbocycles. The number of halogens is 1. The minimum atomic E-state index is -1.00. The number of aromatic carboxylic acids is 1. The van der Waals surface area contributed by atoms with Crippen molar-refractivity contribution in [2.75, 3.05) is 0 Å². The number of hydrogen-bond donors (Lipinski definition) is 2. The molecule has 2 aromatic carbocycles. The minimum Gasteiger partial charge on any atom is -0.478 e. The number of carboxylic acid groups (broad SMARTS) is 1. The Morgan fingerprint density at radius 2 is 1.89 bits per heavy atom. The topological polar surface area (TPSA) is 91.9 Å². The van der Waals surface area contributed by atoms with Crippen LogP contribution in [0.2, 0.25) is 0 Å². The molecule has 3 rings (SSSR count). The average Bonchev–Trinajstić information content (AvgIpc) is 3.12. The van der Waals surface area contributed by atoms with E-state index in [0.29, 0.717) is 28.2 Å². The molecular weight excluding hydrogens is 363 g/mol. The Morgan fingerprint density at radius 3 is 2.61 bits per heavy atom. The summed E-state index contributed by atoms with van der Waals surface area (Å²) < 4.78 is 18.5. The van der Waals surface area contributed by atoms with Gasteiger partial charge >= 0.3 is 5.97 Å². The first-order valence-corrected chi connectivity index (χ1v) is 8.43. The van der Waals surface area contributed by atoms with Gasteiger partial charge in [-0.25, -0.2) is 14.6 Å². The molecule has 0 aliphatic rings.